The zero-order chi connectivity index (χ0) is 20.6. The van der Waals surface area contributed by atoms with Crippen molar-refractivity contribution in [2.24, 2.45) is 23.2 Å². The lowest BCUT2D eigenvalue weighted by Gasteiger charge is -2.61. The van der Waals surface area contributed by atoms with E-state index in [2.05, 4.69) is 18.0 Å². The summed E-state index contributed by atoms with van der Waals surface area (Å²) in [5.41, 5.74) is -0.236. The first-order valence-corrected chi connectivity index (χ1v) is 12.5. The van der Waals surface area contributed by atoms with Crippen LogP contribution in [0, 0.1) is 23.2 Å². The summed E-state index contributed by atoms with van der Waals surface area (Å²) in [4.78, 5) is 13.6. The molecule has 4 fully saturated rings. The molecule has 0 N–H and O–H groups in total. The average molecular weight is 438 g/mol. The maximum atomic E-state index is 12.6. The fourth-order valence-electron chi connectivity index (χ4n) is 6.21. The molecule has 1 unspecified atom stereocenters. The monoisotopic (exact) mass is 437 g/mol. The molecule has 29 heavy (non-hydrogen) atoms. The van der Waals surface area contributed by atoms with Crippen molar-refractivity contribution in [2.75, 3.05) is 5.75 Å². The molecule has 1 aromatic carbocycles. The number of benzene rings is 1. The van der Waals surface area contributed by atoms with Gasteiger partial charge in [-0.25, -0.2) is 4.21 Å². The molecule has 0 saturated heterocycles. The summed E-state index contributed by atoms with van der Waals surface area (Å²) >= 11 is -1.02. The number of carbonyl (C=O) groups is 1. The van der Waals surface area contributed by atoms with Crippen LogP contribution in [0.1, 0.15) is 58.8 Å². The van der Waals surface area contributed by atoms with E-state index < -0.39 is 17.0 Å². The lowest BCUT2D eigenvalue weighted by Crippen LogP contribution is -2.57. The van der Waals surface area contributed by atoms with Crippen LogP contribution in [-0.4, -0.2) is 26.1 Å². The maximum Gasteiger partial charge on any atom is 0.307 e. The fraction of sp³-hybridized carbons (Fsp3) is 0.682. The SMILES string of the molecule is CC(C)(OC(=O)CCSc1ccc(OS(=O)[O-])cc1)C12CC3CC(CC(C3)C1)C2. The van der Waals surface area contributed by atoms with E-state index in [1.165, 1.54) is 38.5 Å². The lowest BCUT2D eigenvalue weighted by atomic mass is 9.46. The van der Waals surface area contributed by atoms with Gasteiger partial charge >= 0.3 is 5.97 Å². The molecular formula is C22H29O5S2-. The van der Waals surface area contributed by atoms with Crippen LogP contribution >= 0.6 is 11.8 Å². The molecule has 5 nitrogen and oxygen atoms in total. The number of ether oxygens (including phenoxy) is 1. The number of carbonyl (C=O) groups excluding carboxylic acids is 1. The summed E-state index contributed by atoms with van der Waals surface area (Å²) < 4.78 is 31.8. The van der Waals surface area contributed by atoms with Crippen molar-refractivity contribution in [1.29, 1.82) is 0 Å². The Balaban J connectivity index is 1.28. The summed E-state index contributed by atoms with van der Waals surface area (Å²) in [7, 11) is 0. The molecule has 0 amide bonds. The van der Waals surface area contributed by atoms with Gasteiger partial charge in [0.1, 0.15) is 22.7 Å². The third-order valence-electron chi connectivity index (χ3n) is 7.25. The molecule has 0 aliphatic heterocycles. The number of thioether (sulfide) groups is 1. The van der Waals surface area contributed by atoms with Gasteiger partial charge in [-0.05, 0) is 94.4 Å². The Bertz CT molecular complexity index is 739. The molecule has 4 saturated carbocycles. The van der Waals surface area contributed by atoms with Crippen LogP contribution in [0.3, 0.4) is 0 Å². The Hall–Kier alpha value is -1.05. The normalized spacial score (nSPS) is 31.5. The molecule has 0 aromatic heterocycles. The maximum absolute atomic E-state index is 12.6. The molecule has 5 rings (SSSR count). The quantitative estimate of drug-likeness (QED) is 0.328. The van der Waals surface area contributed by atoms with Crippen LogP contribution < -0.4 is 4.18 Å². The third kappa shape index (κ3) is 4.67. The second kappa shape index (κ2) is 8.23. The number of hydrogen-bond acceptors (Lipinski definition) is 6. The third-order valence-corrected chi connectivity index (χ3v) is 8.59. The molecule has 0 radical (unpaired) electrons. The standard InChI is InChI=1S/C22H30O5S2/c1-21(2,22-12-15-9-16(13-22)11-17(10-15)14-22)26-20(23)7-8-28-19-5-3-18(4-6-19)27-29(24)25/h3-6,15-17H,7-14H2,1-2H3,(H,24,25)/p-1. The second-order valence-corrected chi connectivity index (χ2v) is 11.3. The van der Waals surface area contributed by atoms with Crippen molar-refractivity contribution in [3.63, 3.8) is 0 Å². The Morgan fingerprint density at radius 3 is 2.21 bits per heavy atom. The van der Waals surface area contributed by atoms with Gasteiger partial charge in [-0.2, -0.15) is 0 Å². The van der Waals surface area contributed by atoms with Gasteiger partial charge in [0.15, 0.2) is 0 Å². The summed E-state index contributed by atoms with van der Waals surface area (Å²) in [6.45, 7) is 4.26. The Morgan fingerprint density at radius 1 is 1.14 bits per heavy atom. The Morgan fingerprint density at radius 2 is 1.69 bits per heavy atom. The minimum Gasteiger partial charge on any atom is -0.740 e. The highest BCUT2D eigenvalue weighted by molar-refractivity contribution is 7.99. The molecule has 1 atom stereocenters. The van der Waals surface area contributed by atoms with Gasteiger partial charge in [-0.3, -0.25) is 4.79 Å². The van der Waals surface area contributed by atoms with Crippen LogP contribution in [-0.2, 0) is 20.9 Å². The molecule has 4 aliphatic rings. The first kappa shape index (κ1) is 21.2. The van der Waals surface area contributed by atoms with E-state index in [1.54, 1.807) is 36.0 Å². The molecule has 4 bridgehead atoms. The van der Waals surface area contributed by atoms with Gasteiger partial charge in [0, 0.05) is 16.1 Å². The highest BCUT2D eigenvalue weighted by Gasteiger charge is 2.58. The van der Waals surface area contributed by atoms with Gasteiger partial charge in [-0.15, -0.1) is 11.8 Å². The van der Waals surface area contributed by atoms with Crippen LogP contribution in [0.25, 0.3) is 0 Å². The van der Waals surface area contributed by atoms with E-state index in [0.717, 1.165) is 22.6 Å². The Labute approximate surface area is 179 Å². The minimum atomic E-state index is -2.57. The zero-order valence-electron chi connectivity index (χ0n) is 17.1. The topological polar surface area (TPSA) is 75.7 Å². The molecule has 7 heteroatoms. The first-order valence-electron chi connectivity index (χ1n) is 10.5. The van der Waals surface area contributed by atoms with Crippen molar-refractivity contribution >= 4 is 29.1 Å². The van der Waals surface area contributed by atoms with Crippen molar-refractivity contribution in [2.45, 2.75) is 69.3 Å². The predicted molar refractivity (Wildman–Crippen MR) is 112 cm³/mol. The highest BCUT2D eigenvalue weighted by Crippen LogP contribution is 2.64. The summed E-state index contributed by atoms with van der Waals surface area (Å²) in [6, 6.07) is 6.79. The number of esters is 1. The van der Waals surface area contributed by atoms with Gasteiger partial charge in [0.25, 0.3) is 0 Å². The summed E-state index contributed by atoms with van der Waals surface area (Å²) in [6.07, 6.45) is 8.17. The van der Waals surface area contributed by atoms with Crippen molar-refractivity contribution in [3.8, 4) is 5.75 Å². The highest BCUT2D eigenvalue weighted by atomic mass is 32.2. The summed E-state index contributed by atoms with van der Waals surface area (Å²) in [5, 5.41) is 0. The lowest BCUT2D eigenvalue weighted by molar-refractivity contribution is -0.198. The van der Waals surface area contributed by atoms with E-state index in [4.69, 9.17) is 4.74 Å². The molecule has 160 valence electrons. The number of rotatable bonds is 8. The van der Waals surface area contributed by atoms with Crippen molar-refractivity contribution in [1.82, 2.24) is 0 Å². The van der Waals surface area contributed by atoms with Crippen LogP contribution in [0.15, 0.2) is 29.2 Å². The van der Waals surface area contributed by atoms with Gasteiger partial charge in [-0.1, -0.05) is 0 Å². The van der Waals surface area contributed by atoms with Crippen molar-refractivity contribution in [3.05, 3.63) is 24.3 Å². The summed E-state index contributed by atoms with van der Waals surface area (Å²) in [5.74, 6) is 3.28. The van der Waals surface area contributed by atoms with E-state index >= 15 is 0 Å². The van der Waals surface area contributed by atoms with E-state index in [-0.39, 0.29) is 17.1 Å². The van der Waals surface area contributed by atoms with Crippen molar-refractivity contribution < 1.29 is 22.5 Å². The molecular weight excluding hydrogens is 408 g/mol. The van der Waals surface area contributed by atoms with Crippen LogP contribution in [0.2, 0.25) is 0 Å². The van der Waals surface area contributed by atoms with Crippen LogP contribution in [0.4, 0.5) is 0 Å². The van der Waals surface area contributed by atoms with E-state index in [1.807, 2.05) is 0 Å². The number of hydrogen-bond donors (Lipinski definition) is 0. The largest absolute Gasteiger partial charge is 0.740 e. The Kier molecular flexibility index (Phi) is 6.02. The van der Waals surface area contributed by atoms with Gasteiger partial charge < -0.3 is 13.5 Å². The molecule has 1 aromatic rings. The van der Waals surface area contributed by atoms with E-state index in [9.17, 15) is 13.6 Å². The predicted octanol–water partition coefficient (Wildman–Crippen LogP) is 4.88. The van der Waals surface area contributed by atoms with Crippen LogP contribution in [0.5, 0.6) is 5.75 Å². The fourth-order valence-corrected chi connectivity index (χ4v) is 7.32. The molecule has 0 spiro atoms. The van der Waals surface area contributed by atoms with Gasteiger partial charge in [0.05, 0.1) is 6.42 Å². The zero-order valence-corrected chi connectivity index (χ0v) is 18.7. The second-order valence-electron chi connectivity index (χ2n) is 9.54. The van der Waals surface area contributed by atoms with E-state index in [0.29, 0.717) is 12.2 Å². The average Bonchev–Trinajstić information content (AvgIpc) is 2.61. The van der Waals surface area contributed by atoms with Gasteiger partial charge in [0.2, 0.25) is 0 Å². The first-order chi connectivity index (χ1) is 13.7. The smallest absolute Gasteiger partial charge is 0.307 e. The molecule has 4 aliphatic carbocycles. The molecule has 0 heterocycles. The minimum absolute atomic E-state index is 0.125.